The van der Waals surface area contributed by atoms with Gasteiger partial charge in [0.25, 0.3) is 0 Å². The lowest BCUT2D eigenvalue weighted by atomic mass is 9.55. The fourth-order valence-electron chi connectivity index (χ4n) is 5.30. The maximum absolute atomic E-state index is 12.6. The van der Waals surface area contributed by atoms with Crippen LogP contribution in [-0.4, -0.2) is 16.7 Å². The van der Waals surface area contributed by atoms with E-state index in [1.165, 1.54) is 6.07 Å². The maximum Gasteiger partial charge on any atom is 0.163 e. The Morgan fingerprint density at radius 1 is 1.30 bits per heavy atom. The van der Waals surface area contributed by atoms with Crippen molar-refractivity contribution in [3.63, 3.8) is 0 Å². The fraction of sp³-hybridized carbons (Fsp3) is 0.526. The Morgan fingerprint density at radius 2 is 2.09 bits per heavy atom. The van der Waals surface area contributed by atoms with Gasteiger partial charge in [-0.25, -0.2) is 0 Å². The molecule has 0 radical (unpaired) electrons. The van der Waals surface area contributed by atoms with E-state index in [2.05, 4.69) is 6.92 Å². The topological polar surface area (TPSA) is 78.2 Å². The monoisotopic (exact) mass is 309 g/mol. The van der Waals surface area contributed by atoms with Crippen molar-refractivity contribution in [2.75, 3.05) is 0 Å². The second-order valence-electron chi connectivity index (χ2n) is 7.49. The van der Waals surface area contributed by atoms with E-state index in [0.29, 0.717) is 24.2 Å². The zero-order chi connectivity index (χ0) is 16.4. The number of nitrogens with zero attached hydrogens (tertiary/aromatic N) is 1. The number of benzene rings is 1. The fourth-order valence-corrected chi connectivity index (χ4v) is 5.30. The standard InChI is InChI=1S/C19H19NO3/c1-19-5-4-11-12-6-10(9-20)16(21)8-14(12)17(22)7-13(11)15(19)2-3-18(19)23/h6,8,11,13,15,21H,2-5,7H2,1H3/t11-,13-,15+,19+/m1/s1. The van der Waals surface area contributed by atoms with Crippen molar-refractivity contribution in [3.05, 3.63) is 28.8 Å². The highest BCUT2D eigenvalue weighted by molar-refractivity contribution is 6.00. The predicted octanol–water partition coefficient (Wildman–Crippen LogP) is 3.33. The molecule has 0 heterocycles. The number of carbonyl (C=O) groups excluding carboxylic acids is 2. The van der Waals surface area contributed by atoms with E-state index < -0.39 is 0 Å². The van der Waals surface area contributed by atoms with Gasteiger partial charge in [-0.1, -0.05) is 6.92 Å². The van der Waals surface area contributed by atoms with E-state index in [0.717, 1.165) is 24.8 Å². The van der Waals surface area contributed by atoms with Gasteiger partial charge in [-0.3, -0.25) is 9.59 Å². The molecule has 0 unspecified atom stereocenters. The van der Waals surface area contributed by atoms with Crippen LogP contribution in [0.2, 0.25) is 0 Å². The van der Waals surface area contributed by atoms with Crippen molar-refractivity contribution < 1.29 is 14.7 Å². The number of phenols is 1. The first-order valence-corrected chi connectivity index (χ1v) is 8.29. The lowest BCUT2D eigenvalue weighted by Gasteiger charge is -2.47. The van der Waals surface area contributed by atoms with Crippen LogP contribution in [0.4, 0.5) is 0 Å². The molecule has 0 aliphatic heterocycles. The summed E-state index contributed by atoms with van der Waals surface area (Å²) in [6.45, 7) is 2.07. The molecule has 0 spiro atoms. The number of phenolic OH excluding ortho intramolecular Hbond substituents is 1. The Balaban J connectivity index is 1.82. The van der Waals surface area contributed by atoms with Crippen molar-refractivity contribution in [3.8, 4) is 11.8 Å². The smallest absolute Gasteiger partial charge is 0.163 e. The normalized spacial score (nSPS) is 35.2. The second-order valence-corrected chi connectivity index (χ2v) is 7.49. The van der Waals surface area contributed by atoms with Gasteiger partial charge in [0.1, 0.15) is 17.6 Å². The number of fused-ring (bicyclic) bond motifs is 5. The quantitative estimate of drug-likeness (QED) is 0.797. The molecule has 1 aromatic carbocycles. The molecule has 23 heavy (non-hydrogen) atoms. The van der Waals surface area contributed by atoms with E-state index in [4.69, 9.17) is 5.26 Å². The van der Waals surface area contributed by atoms with Gasteiger partial charge < -0.3 is 5.11 Å². The van der Waals surface area contributed by atoms with Gasteiger partial charge in [-0.05, 0) is 54.7 Å². The summed E-state index contributed by atoms with van der Waals surface area (Å²) >= 11 is 0. The van der Waals surface area contributed by atoms with Gasteiger partial charge >= 0.3 is 0 Å². The minimum Gasteiger partial charge on any atom is -0.507 e. The molecule has 2 saturated carbocycles. The minimum absolute atomic E-state index is 0.0321. The number of Topliss-reactive ketones (excluding diaryl/α,β-unsaturated/α-hetero) is 2. The molecular weight excluding hydrogens is 290 g/mol. The van der Waals surface area contributed by atoms with Crippen LogP contribution in [0.3, 0.4) is 0 Å². The molecule has 2 fully saturated rings. The molecule has 0 bridgehead atoms. The lowest BCUT2D eigenvalue weighted by Crippen LogP contribution is -2.43. The summed E-state index contributed by atoms with van der Waals surface area (Å²) in [7, 11) is 0. The van der Waals surface area contributed by atoms with Crippen molar-refractivity contribution in [2.45, 2.75) is 44.9 Å². The largest absolute Gasteiger partial charge is 0.507 e. The zero-order valence-corrected chi connectivity index (χ0v) is 13.1. The summed E-state index contributed by atoms with van der Waals surface area (Å²) in [5.74, 6) is 0.947. The molecule has 0 aromatic heterocycles. The van der Waals surface area contributed by atoms with Crippen molar-refractivity contribution in [2.24, 2.45) is 17.3 Å². The Labute approximate surface area is 135 Å². The second kappa shape index (κ2) is 4.67. The Hall–Kier alpha value is -2.15. The number of nitriles is 1. The Morgan fingerprint density at radius 3 is 2.83 bits per heavy atom. The van der Waals surface area contributed by atoms with E-state index >= 15 is 0 Å². The van der Waals surface area contributed by atoms with Gasteiger partial charge in [0.2, 0.25) is 0 Å². The van der Waals surface area contributed by atoms with Crippen LogP contribution in [0.25, 0.3) is 0 Å². The minimum atomic E-state index is -0.270. The summed E-state index contributed by atoms with van der Waals surface area (Å²) in [5.41, 5.74) is 1.43. The first-order valence-electron chi connectivity index (χ1n) is 8.29. The molecule has 1 N–H and O–H groups in total. The Bertz CT molecular complexity index is 776. The summed E-state index contributed by atoms with van der Waals surface area (Å²) in [6.07, 6.45) is 3.69. The van der Waals surface area contributed by atoms with Crippen LogP contribution in [0, 0.1) is 28.6 Å². The number of carbonyl (C=O) groups is 2. The van der Waals surface area contributed by atoms with Crippen LogP contribution in [0.15, 0.2) is 12.1 Å². The van der Waals surface area contributed by atoms with Crippen molar-refractivity contribution in [1.82, 2.24) is 0 Å². The third kappa shape index (κ3) is 1.83. The molecule has 118 valence electrons. The average molecular weight is 309 g/mol. The lowest BCUT2D eigenvalue weighted by molar-refractivity contribution is -0.129. The van der Waals surface area contributed by atoms with Crippen molar-refractivity contribution in [1.29, 1.82) is 5.26 Å². The highest BCUT2D eigenvalue weighted by Crippen LogP contribution is 2.59. The molecule has 4 nitrogen and oxygen atoms in total. The summed E-state index contributed by atoms with van der Waals surface area (Å²) in [6, 6.07) is 5.15. The number of hydrogen-bond acceptors (Lipinski definition) is 4. The van der Waals surface area contributed by atoms with Gasteiger partial charge in [-0.2, -0.15) is 5.26 Å². The SMILES string of the molecule is C[C@]12CC[C@@H]3c4cc(C#N)c(O)cc4C(=O)C[C@H]3[C@@H]1CCC2=O. The van der Waals surface area contributed by atoms with Crippen molar-refractivity contribution >= 4 is 11.6 Å². The highest BCUT2D eigenvalue weighted by Gasteiger charge is 2.55. The van der Waals surface area contributed by atoms with Gasteiger partial charge in [0, 0.05) is 23.8 Å². The van der Waals surface area contributed by atoms with Gasteiger partial charge in [0.05, 0.1) is 5.56 Å². The average Bonchev–Trinajstić information content (AvgIpc) is 2.83. The number of hydrogen-bond donors (Lipinski definition) is 1. The summed E-state index contributed by atoms with van der Waals surface area (Å²) in [4.78, 5) is 24.9. The first-order chi connectivity index (χ1) is 11.0. The molecule has 1 aromatic rings. The maximum atomic E-state index is 12.6. The first kappa shape index (κ1) is 14.4. The van der Waals surface area contributed by atoms with Crippen LogP contribution in [0.1, 0.15) is 66.4 Å². The summed E-state index contributed by atoms with van der Waals surface area (Å²) in [5, 5.41) is 19.1. The molecule has 4 rings (SSSR count). The highest BCUT2D eigenvalue weighted by atomic mass is 16.3. The van der Waals surface area contributed by atoms with Crippen LogP contribution in [0.5, 0.6) is 5.75 Å². The molecule has 3 aliphatic carbocycles. The summed E-state index contributed by atoms with van der Waals surface area (Å²) < 4.78 is 0. The van der Waals surface area contributed by atoms with Gasteiger partial charge in [-0.15, -0.1) is 0 Å². The Kier molecular flexibility index (Phi) is 2.93. The van der Waals surface area contributed by atoms with E-state index in [9.17, 15) is 14.7 Å². The van der Waals surface area contributed by atoms with Crippen LogP contribution in [-0.2, 0) is 4.79 Å². The molecule has 4 atom stereocenters. The third-order valence-electron chi connectivity index (χ3n) is 6.56. The number of rotatable bonds is 0. The third-order valence-corrected chi connectivity index (χ3v) is 6.56. The van der Waals surface area contributed by atoms with E-state index in [1.54, 1.807) is 6.07 Å². The van der Waals surface area contributed by atoms with E-state index in [-0.39, 0.29) is 40.3 Å². The van der Waals surface area contributed by atoms with Gasteiger partial charge in [0.15, 0.2) is 5.78 Å². The van der Waals surface area contributed by atoms with Crippen LogP contribution < -0.4 is 0 Å². The van der Waals surface area contributed by atoms with E-state index in [1.807, 2.05) is 6.07 Å². The molecule has 4 heteroatoms. The number of ketones is 2. The van der Waals surface area contributed by atoms with Crippen LogP contribution >= 0.6 is 0 Å². The number of aromatic hydroxyl groups is 1. The predicted molar refractivity (Wildman–Crippen MR) is 83.1 cm³/mol. The zero-order valence-electron chi connectivity index (χ0n) is 13.1. The molecule has 3 aliphatic rings. The molecule has 0 saturated heterocycles. The molecular formula is C19H19NO3. The molecule has 0 amide bonds.